The third-order valence-corrected chi connectivity index (χ3v) is 3.73. The van der Waals surface area contributed by atoms with Crippen LogP contribution in [0.4, 0.5) is 18.0 Å². The van der Waals surface area contributed by atoms with Gasteiger partial charge in [-0.3, -0.25) is 0 Å². The van der Waals surface area contributed by atoms with E-state index in [1.807, 2.05) is 0 Å². The number of nitriles is 1. The molecule has 1 saturated heterocycles. The number of ether oxygens (including phenoxy) is 1. The third kappa shape index (κ3) is 3.36. The van der Waals surface area contributed by atoms with Crippen molar-refractivity contribution in [2.75, 3.05) is 12.3 Å². The van der Waals surface area contributed by atoms with Crippen LogP contribution in [0.2, 0.25) is 0 Å². The predicted molar refractivity (Wildman–Crippen MR) is 65.2 cm³/mol. The highest BCUT2D eigenvalue weighted by Crippen LogP contribution is 2.34. The van der Waals surface area contributed by atoms with Crippen LogP contribution in [0.25, 0.3) is 0 Å². The molecule has 20 heavy (non-hydrogen) atoms. The van der Waals surface area contributed by atoms with Crippen LogP contribution < -0.4 is 5.32 Å². The van der Waals surface area contributed by atoms with E-state index in [4.69, 9.17) is 10.00 Å². The number of rotatable bonds is 3. The summed E-state index contributed by atoms with van der Waals surface area (Å²) in [5, 5.41) is 11.1. The number of carbonyl (C=O) groups is 1. The second-order valence-electron chi connectivity index (χ2n) is 4.04. The number of benzene rings is 1. The molecule has 1 atom stereocenters. The predicted octanol–water partition coefficient (Wildman–Crippen LogP) is 2.78. The van der Waals surface area contributed by atoms with E-state index < -0.39 is 23.4 Å². The molecule has 0 bridgehead atoms. The molecule has 1 heterocycles. The van der Waals surface area contributed by atoms with Crippen LogP contribution in [0.5, 0.6) is 0 Å². The Morgan fingerprint density at radius 3 is 2.80 bits per heavy atom. The Bertz CT molecular complexity index is 569. The van der Waals surface area contributed by atoms with Gasteiger partial charge >= 0.3 is 12.3 Å². The van der Waals surface area contributed by atoms with Crippen LogP contribution in [0, 0.1) is 11.3 Å². The highest BCUT2D eigenvalue weighted by molar-refractivity contribution is 7.99. The zero-order chi connectivity index (χ0) is 14.8. The van der Waals surface area contributed by atoms with Crippen LogP contribution in [0.15, 0.2) is 23.1 Å². The molecule has 0 aromatic heterocycles. The fourth-order valence-electron chi connectivity index (χ4n) is 1.66. The summed E-state index contributed by atoms with van der Waals surface area (Å²) >= 11 is 1.14. The lowest BCUT2D eigenvalue weighted by molar-refractivity contribution is -0.137. The van der Waals surface area contributed by atoms with Crippen molar-refractivity contribution in [1.82, 2.24) is 5.32 Å². The average molecular weight is 302 g/mol. The van der Waals surface area contributed by atoms with Gasteiger partial charge in [0.05, 0.1) is 23.7 Å². The number of alkyl halides is 3. The monoisotopic (exact) mass is 302 g/mol. The fraction of sp³-hybridized carbons (Fsp3) is 0.333. The minimum atomic E-state index is -4.57. The highest BCUT2D eigenvalue weighted by atomic mass is 32.2. The van der Waals surface area contributed by atoms with Crippen LogP contribution in [0.3, 0.4) is 0 Å². The first-order chi connectivity index (χ1) is 9.40. The summed E-state index contributed by atoms with van der Waals surface area (Å²) in [5.74, 6) is 0.349. The Morgan fingerprint density at radius 2 is 2.25 bits per heavy atom. The average Bonchev–Trinajstić information content (AvgIpc) is 2.81. The Balaban J connectivity index is 2.09. The number of nitrogens with one attached hydrogen (secondary N) is 1. The molecule has 1 aliphatic heterocycles. The third-order valence-electron chi connectivity index (χ3n) is 2.60. The summed E-state index contributed by atoms with van der Waals surface area (Å²) in [5.41, 5.74) is -1.36. The topological polar surface area (TPSA) is 62.1 Å². The Kier molecular flexibility index (Phi) is 4.09. The molecule has 2 rings (SSSR count). The maximum Gasteiger partial charge on any atom is 0.417 e. The van der Waals surface area contributed by atoms with E-state index in [0.29, 0.717) is 17.2 Å². The first-order valence-electron chi connectivity index (χ1n) is 5.59. The minimum absolute atomic E-state index is 0.342. The van der Waals surface area contributed by atoms with E-state index in [2.05, 4.69) is 5.32 Å². The molecule has 1 aliphatic rings. The number of alkyl carbamates (subject to hydrolysis) is 1. The van der Waals surface area contributed by atoms with Crippen LogP contribution in [0.1, 0.15) is 11.1 Å². The molecule has 0 saturated carbocycles. The molecule has 106 valence electrons. The molecular weight excluding hydrogens is 293 g/mol. The van der Waals surface area contributed by atoms with Gasteiger partial charge in [-0.1, -0.05) is 0 Å². The van der Waals surface area contributed by atoms with Gasteiger partial charge in [-0.15, -0.1) is 11.8 Å². The smallest absolute Gasteiger partial charge is 0.417 e. The summed E-state index contributed by atoms with van der Waals surface area (Å²) in [4.78, 5) is 11.2. The molecule has 8 heteroatoms. The van der Waals surface area contributed by atoms with Crippen molar-refractivity contribution in [2.24, 2.45) is 0 Å². The number of cyclic esters (lactones) is 1. The van der Waals surface area contributed by atoms with Crippen LogP contribution in [-0.4, -0.2) is 24.5 Å². The van der Waals surface area contributed by atoms with Crippen molar-refractivity contribution < 1.29 is 22.7 Å². The summed E-state index contributed by atoms with van der Waals surface area (Å²) in [6, 6.07) is 5.05. The summed E-state index contributed by atoms with van der Waals surface area (Å²) in [6.07, 6.45) is -5.45. The van der Waals surface area contributed by atoms with Gasteiger partial charge in [0.1, 0.15) is 6.10 Å². The Hall–Kier alpha value is -1.88. The number of halogens is 3. The highest BCUT2D eigenvalue weighted by Gasteiger charge is 2.34. The van der Waals surface area contributed by atoms with E-state index in [1.165, 1.54) is 12.1 Å². The molecule has 1 aromatic carbocycles. The van der Waals surface area contributed by atoms with Gasteiger partial charge in [0.15, 0.2) is 0 Å². The van der Waals surface area contributed by atoms with Crippen molar-refractivity contribution in [3.63, 3.8) is 0 Å². The molecule has 0 spiro atoms. The zero-order valence-electron chi connectivity index (χ0n) is 10.0. The van der Waals surface area contributed by atoms with Crippen LogP contribution in [-0.2, 0) is 10.9 Å². The fourth-order valence-corrected chi connectivity index (χ4v) is 2.59. The van der Waals surface area contributed by atoms with E-state index in [9.17, 15) is 18.0 Å². The number of amides is 1. The quantitative estimate of drug-likeness (QED) is 0.872. The van der Waals surface area contributed by atoms with Crippen molar-refractivity contribution in [3.05, 3.63) is 29.3 Å². The lowest BCUT2D eigenvalue weighted by Crippen LogP contribution is -2.16. The molecule has 4 nitrogen and oxygen atoms in total. The van der Waals surface area contributed by atoms with E-state index >= 15 is 0 Å². The molecule has 1 N–H and O–H groups in total. The van der Waals surface area contributed by atoms with Gasteiger partial charge in [0, 0.05) is 10.6 Å². The maximum atomic E-state index is 12.8. The molecule has 1 fully saturated rings. The van der Waals surface area contributed by atoms with E-state index in [0.717, 1.165) is 23.9 Å². The number of nitrogens with zero attached hydrogens (tertiary/aromatic N) is 1. The van der Waals surface area contributed by atoms with Crippen molar-refractivity contribution in [3.8, 4) is 6.07 Å². The first-order valence-corrected chi connectivity index (χ1v) is 6.57. The summed E-state index contributed by atoms with van der Waals surface area (Å²) < 4.78 is 43.2. The maximum absolute atomic E-state index is 12.8. The molecule has 0 unspecified atom stereocenters. The van der Waals surface area contributed by atoms with Gasteiger partial charge in [-0.05, 0) is 18.2 Å². The number of hydrogen-bond donors (Lipinski definition) is 1. The van der Waals surface area contributed by atoms with Gasteiger partial charge < -0.3 is 10.1 Å². The SMILES string of the molecule is N#Cc1ccc(SC[C@H]2CNC(=O)O2)cc1C(F)(F)F. The summed E-state index contributed by atoms with van der Waals surface area (Å²) in [6.45, 7) is 0.342. The van der Waals surface area contributed by atoms with E-state index in [1.54, 1.807) is 0 Å². The van der Waals surface area contributed by atoms with E-state index in [-0.39, 0.29) is 6.10 Å². The molecule has 1 amide bonds. The molecule has 0 aliphatic carbocycles. The van der Waals surface area contributed by atoms with Gasteiger partial charge in [0.25, 0.3) is 0 Å². The molecule has 0 radical (unpaired) electrons. The van der Waals surface area contributed by atoms with Crippen molar-refractivity contribution in [2.45, 2.75) is 17.2 Å². The van der Waals surface area contributed by atoms with Gasteiger partial charge in [-0.25, -0.2) is 4.79 Å². The van der Waals surface area contributed by atoms with Crippen molar-refractivity contribution >= 4 is 17.9 Å². The second kappa shape index (κ2) is 5.63. The van der Waals surface area contributed by atoms with Gasteiger partial charge in [0.2, 0.25) is 0 Å². The Labute approximate surface area is 116 Å². The first kappa shape index (κ1) is 14.5. The number of hydrogen-bond acceptors (Lipinski definition) is 4. The van der Waals surface area contributed by atoms with Crippen LogP contribution >= 0.6 is 11.8 Å². The van der Waals surface area contributed by atoms with Crippen molar-refractivity contribution in [1.29, 1.82) is 5.26 Å². The lowest BCUT2D eigenvalue weighted by Gasteiger charge is -2.11. The molecule has 1 aromatic rings. The Morgan fingerprint density at radius 1 is 1.50 bits per heavy atom. The minimum Gasteiger partial charge on any atom is -0.443 e. The summed E-state index contributed by atoms with van der Waals surface area (Å²) in [7, 11) is 0. The normalized spacial score (nSPS) is 18.3. The number of thioether (sulfide) groups is 1. The number of carbonyl (C=O) groups excluding carboxylic acids is 1. The zero-order valence-corrected chi connectivity index (χ0v) is 10.8. The standard InChI is InChI=1S/C12H9F3N2O2S/c13-12(14,15)10-3-9(2-1-7(10)4-16)20-6-8-5-17-11(18)19-8/h1-3,8H,5-6H2,(H,17,18)/t8-/m1/s1. The lowest BCUT2D eigenvalue weighted by atomic mass is 10.1. The largest absolute Gasteiger partial charge is 0.443 e. The van der Waals surface area contributed by atoms with Gasteiger partial charge in [-0.2, -0.15) is 18.4 Å². The molecular formula is C12H9F3N2O2S. The second-order valence-corrected chi connectivity index (χ2v) is 5.13.